The highest BCUT2D eigenvalue weighted by Crippen LogP contribution is 2.09. The van der Waals surface area contributed by atoms with Crippen molar-refractivity contribution in [1.82, 2.24) is 0 Å². The summed E-state index contributed by atoms with van der Waals surface area (Å²) in [6.45, 7) is 7.25. The second kappa shape index (κ2) is 3.90. The lowest BCUT2D eigenvalue weighted by molar-refractivity contribution is -0.112. The molecule has 2 nitrogen and oxygen atoms in total. The second-order valence-electron chi connectivity index (χ2n) is 3.10. The van der Waals surface area contributed by atoms with E-state index in [1.165, 1.54) is 5.56 Å². The zero-order chi connectivity index (χ0) is 9.84. The molecule has 0 heterocycles. The number of hydrogen-bond acceptors (Lipinski definition) is 1. The molecule has 0 atom stereocenters. The monoisotopic (exact) mass is 175 g/mol. The Morgan fingerprint density at radius 3 is 2.31 bits per heavy atom. The Kier molecular flexibility index (Phi) is 2.85. The van der Waals surface area contributed by atoms with Gasteiger partial charge in [-0.3, -0.25) is 4.79 Å². The van der Waals surface area contributed by atoms with E-state index in [0.717, 1.165) is 5.69 Å². The largest absolute Gasteiger partial charge is 0.322 e. The fourth-order valence-corrected chi connectivity index (χ4v) is 0.875. The van der Waals surface area contributed by atoms with E-state index in [1.807, 2.05) is 31.2 Å². The van der Waals surface area contributed by atoms with Crippen molar-refractivity contribution in [2.24, 2.45) is 0 Å². The van der Waals surface area contributed by atoms with Gasteiger partial charge in [0.2, 0.25) is 0 Å². The van der Waals surface area contributed by atoms with Crippen LogP contribution in [0.4, 0.5) is 5.69 Å². The molecule has 0 bridgehead atoms. The van der Waals surface area contributed by atoms with Crippen LogP contribution in [-0.4, -0.2) is 5.91 Å². The molecule has 0 saturated carbocycles. The van der Waals surface area contributed by atoms with Crippen molar-refractivity contribution in [3.63, 3.8) is 0 Å². The maximum absolute atomic E-state index is 11.2. The summed E-state index contributed by atoms with van der Waals surface area (Å²) < 4.78 is 0. The second-order valence-corrected chi connectivity index (χ2v) is 3.10. The lowest BCUT2D eigenvalue weighted by Crippen LogP contribution is -2.11. The summed E-state index contributed by atoms with van der Waals surface area (Å²) in [4.78, 5) is 11.2. The van der Waals surface area contributed by atoms with Crippen LogP contribution < -0.4 is 5.32 Å². The average molecular weight is 175 g/mol. The average Bonchev–Trinajstić information content (AvgIpc) is 2.08. The van der Waals surface area contributed by atoms with Crippen molar-refractivity contribution in [1.29, 1.82) is 0 Å². The summed E-state index contributed by atoms with van der Waals surface area (Å²) in [6, 6.07) is 7.65. The number of anilines is 1. The highest BCUT2D eigenvalue weighted by Gasteiger charge is 2.00. The van der Waals surface area contributed by atoms with E-state index in [2.05, 4.69) is 11.9 Å². The Labute approximate surface area is 78.3 Å². The minimum Gasteiger partial charge on any atom is -0.322 e. The molecular weight excluding hydrogens is 162 g/mol. The van der Waals surface area contributed by atoms with E-state index in [-0.39, 0.29) is 5.91 Å². The van der Waals surface area contributed by atoms with Gasteiger partial charge in [0, 0.05) is 11.3 Å². The Morgan fingerprint density at radius 2 is 1.85 bits per heavy atom. The zero-order valence-corrected chi connectivity index (χ0v) is 7.92. The molecule has 0 aliphatic carbocycles. The summed E-state index contributed by atoms with van der Waals surface area (Å²) in [5, 5.41) is 2.73. The van der Waals surface area contributed by atoms with Crippen LogP contribution in [0, 0.1) is 6.92 Å². The predicted molar refractivity (Wildman–Crippen MR) is 54.6 cm³/mol. The lowest BCUT2D eigenvalue weighted by atomic mass is 10.2. The molecule has 0 fully saturated rings. The van der Waals surface area contributed by atoms with Gasteiger partial charge in [0.25, 0.3) is 5.91 Å². The fraction of sp³-hybridized carbons (Fsp3) is 0.182. The minimum atomic E-state index is -0.135. The zero-order valence-electron chi connectivity index (χ0n) is 7.92. The Balaban J connectivity index is 2.70. The normalized spacial score (nSPS) is 9.38. The van der Waals surface area contributed by atoms with Gasteiger partial charge >= 0.3 is 0 Å². The maximum atomic E-state index is 11.2. The quantitative estimate of drug-likeness (QED) is 0.687. The molecule has 1 N–H and O–H groups in total. The number of amides is 1. The molecule has 0 aliphatic rings. The molecule has 0 saturated heterocycles. The van der Waals surface area contributed by atoms with Gasteiger partial charge in [0.1, 0.15) is 0 Å². The van der Waals surface area contributed by atoms with Gasteiger partial charge in [-0.05, 0) is 26.0 Å². The highest BCUT2D eigenvalue weighted by molar-refractivity contribution is 6.02. The molecule has 68 valence electrons. The van der Waals surface area contributed by atoms with Gasteiger partial charge in [-0.1, -0.05) is 24.3 Å². The number of rotatable bonds is 2. The molecule has 0 unspecified atom stereocenters. The van der Waals surface area contributed by atoms with Gasteiger partial charge in [-0.2, -0.15) is 0 Å². The number of carbonyl (C=O) groups is 1. The first-order valence-corrected chi connectivity index (χ1v) is 4.13. The van der Waals surface area contributed by atoms with E-state index in [9.17, 15) is 4.79 Å². The molecule has 1 rings (SSSR count). The number of aryl methyl sites for hydroxylation is 1. The topological polar surface area (TPSA) is 29.1 Å². The van der Waals surface area contributed by atoms with Crippen LogP contribution in [0.1, 0.15) is 12.5 Å². The SMILES string of the molecule is C=C(C)C(=O)Nc1ccc(C)cc1. The predicted octanol–water partition coefficient (Wildman–Crippen LogP) is 2.51. The van der Waals surface area contributed by atoms with Crippen molar-refractivity contribution in [2.45, 2.75) is 13.8 Å². The van der Waals surface area contributed by atoms with E-state index in [1.54, 1.807) is 6.92 Å². The van der Waals surface area contributed by atoms with Crippen LogP contribution in [0.2, 0.25) is 0 Å². The van der Waals surface area contributed by atoms with Crippen molar-refractivity contribution in [3.8, 4) is 0 Å². The van der Waals surface area contributed by atoms with Crippen molar-refractivity contribution in [3.05, 3.63) is 42.0 Å². The van der Waals surface area contributed by atoms with E-state index in [4.69, 9.17) is 0 Å². The Morgan fingerprint density at radius 1 is 1.31 bits per heavy atom. The summed E-state index contributed by atoms with van der Waals surface area (Å²) in [5.41, 5.74) is 2.49. The van der Waals surface area contributed by atoms with Gasteiger partial charge < -0.3 is 5.32 Å². The van der Waals surface area contributed by atoms with E-state index >= 15 is 0 Å². The van der Waals surface area contributed by atoms with Crippen molar-refractivity contribution >= 4 is 11.6 Å². The lowest BCUT2D eigenvalue weighted by Gasteiger charge is -2.04. The third-order valence-corrected chi connectivity index (χ3v) is 1.70. The Hall–Kier alpha value is -1.57. The molecule has 13 heavy (non-hydrogen) atoms. The molecule has 0 spiro atoms. The van der Waals surface area contributed by atoms with Crippen molar-refractivity contribution in [2.75, 3.05) is 5.32 Å². The van der Waals surface area contributed by atoms with Gasteiger partial charge in [-0.25, -0.2) is 0 Å². The molecular formula is C11H13NO. The molecule has 2 heteroatoms. The van der Waals surface area contributed by atoms with Crippen LogP contribution in [0.3, 0.4) is 0 Å². The van der Waals surface area contributed by atoms with E-state index < -0.39 is 0 Å². The van der Waals surface area contributed by atoms with Crippen molar-refractivity contribution < 1.29 is 4.79 Å². The van der Waals surface area contributed by atoms with Crippen LogP contribution in [0.5, 0.6) is 0 Å². The first kappa shape index (κ1) is 9.52. The van der Waals surface area contributed by atoms with Gasteiger partial charge in [-0.15, -0.1) is 0 Å². The number of carbonyl (C=O) groups excluding carboxylic acids is 1. The highest BCUT2D eigenvalue weighted by atomic mass is 16.1. The fourth-order valence-electron chi connectivity index (χ4n) is 0.875. The first-order chi connectivity index (χ1) is 6.09. The smallest absolute Gasteiger partial charge is 0.250 e. The summed E-state index contributed by atoms with van der Waals surface area (Å²) >= 11 is 0. The number of hydrogen-bond donors (Lipinski definition) is 1. The summed E-state index contributed by atoms with van der Waals surface area (Å²) in [5.74, 6) is -0.135. The molecule has 1 aromatic rings. The molecule has 1 aromatic carbocycles. The number of nitrogens with one attached hydrogen (secondary N) is 1. The van der Waals surface area contributed by atoms with Crippen LogP contribution in [0.25, 0.3) is 0 Å². The summed E-state index contributed by atoms with van der Waals surface area (Å²) in [6.07, 6.45) is 0. The van der Waals surface area contributed by atoms with Crippen LogP contribution in [-0.2, 0) is 4.79 Å². The third-order valence-electron chi connectivity index (χ3n) is 1.70. The maximum Gasteiger partial charge on any atom is 0.250 e. The Bertz CT molecular complexity index is 324. The molecule has 0 aliphatic heterocycles. The standard InChI is InChI=1S/C11H13NO/c1-8(2)11(13)12-10-6-4-9(3)5-7-10/h4-7H,1H2,2-3H3,(H,12,13). The third kappa shape index (κ3) is 2.75. The molecule has 0 radical (unpaired) electrons. The van der Waals surface area contributed by atoms with Crippen LogP contribution in [0.15, 0.2) is 36.4 Å². The van der Waals surface area contributed by atoms with Gasteiger partial charge in [0.15, 0.2) is 0 Å². The van der Waals surface area contributed by atoms with Gasteiger partial charge in [0.05, 0.1) is 0 Å². The summed E-state index contributed by atoms with van der Waals surface area (Å²) in [7, 11) is 0. The number of benzene rings is 1. The first-order valence-electron chi connectivity index (χ1n) is 4.13. The molecule has 1 amide bonds. The van der Waals surface area contributed by atoms with Crippen LogP contribution >= 0.6 is 0 Å². The molecule has 0 aromatic heterocycles. The minimum absolute atomic E-state index is 0.135. The van der Waals surface area contributed by atoms with E-state index in [0.29, 0.717) is 5.57 Å².